The number of rotatable bonds is 5. The summed E-state index contributed by atoms with van der Waals surface area (Å²) in [6.07, 6.45) is 9.95. The van der Waals surface area contributed by atoms with Crippen LogP contribution in [0, 0.1) is 5.41 Å². The first kappa shape index (κ1) is 14.8. The standard InChI is InChI=1S/C15H28N2O2/c1-19-13-6-5-12(9-13)17-14(18)10-15(11-16)7-3-2-4-8-15/h12-13H,2-11,16H2,1H3,(H,17,18). The minimum atomic E-state index is 0.0710. The smallest absolute Gasteiger partial charge is 0.220 e. The molecule has 0 spiro atoms. The maximum absolute atomic E-state index is 12.2. The molecule has 0 aliphatic heterocycles. The normalized spacial score (nSPS) is 30.2. The Morgan fingerprint density at radius 3 is 2.63 bits per heavy atom. The van der Waals surface area contributed by atoms with Gasteiger partial charge in [0, 0.05) is 19.6 Å². The van der Waals surface area contributed by atoms with Crippen LogP contribution in [-0.4, -0.2) is 31.7 Å². The van der Waals surface area contributed by atoms with Crippen LogP contribution in [-0.2, 0) is 9.53 Å². The van der Waals surface area contributed by atoms with Crippen molar-refractivity contribution in [2.75, 3.05) is 13.7 Å². The molecule has 0 saturated heterocycles. The number of ether oxygens (including phenoxy) is 1. The molecule has 2 aliphatic rings. The Labute approximate surface area is 116 Å². The van der Waals surface area contributed by atoms with Gasteiger partial charge in [-0.05, 0) is 44.1 Å². The summed E-state index contributed by atoms with van der Waals surface area (Å²) in [5.41, 5.74) is 6.01. The summed E-state index contributed by atoms with van der Waals surface area (Å²) in [5, 5.41) is 3.18. The molecular weight excluding hydrogens is 240 g/mol. The molecule has 0 aromatic carbocycles. The Hall–Kier alpha value is -0.610. The number of amides is 1. The van der Waals surface area contributed by atoms with Crippen LogP contribution in [0.3, 0.4) is 0 Å². The van der Waals surface area contributed by atoms with Gasteiger partial charge in [-0.3, -0.25) is 4.79 Å². The van der Waals surface area contributed by atoms with E-state index in [2.05, 4.69) is 5.32 Å². The van der Waals surface area contributed by atoms with Crippen molar-refractivity contribution in [3.8, 4) is 0 Å². The zero-order valence-corrected chi connectivity index (χ0v) is 12.1. The van der Waals surface area contributed by atoms with Gasteiger partial charge in [0.05, 0.1) is 6.10 Å². The van der Waals surface area contributed by atoms with E-state index in [1.165, 1.54) is 19.3 Å². The van der Waals surface area contributed by atoms with Crippen LogP contribution >= 0.6 is 0 Å². The van der Waals surface area contributed by atoms with Gasteiger partial charge in [0.15, 0.2) is 0 Å². The zero-order valence-electron chi connectivity index (χ0n) is 12.1. The van der Waals surface area contributed by atoms with Gasteiger partial charge in [0.25, 0.3) is 0 Å². The molecule has 4 nitrogen and oxygen atoms in total. The predicted molar refractivity (Wildman–Crippen MR) is 75.8 cm³/mol. The van der Waals surface area contributed by atoms with E-state index in [0.29, 0.717) is 25.1 Å². The number of nitrogens with two attached hydrogens (primary N) is 1. The van der Waals surface area contributed by atoms with Gasteiger partial charge < -0.3 is 15.8 Å². The molecule has 19 heavy (non-hydrogen) atoms. The molecule has 0 radical (unpaired) electrons. The molecule has 4 heteroatoms. The highest BCUT2D eigenvalue weighted by atomic mass is 16.5. The Kier molecular flexibility index (Phi) is 5.22. The Morgan fingerprint density at radius 1 is 1.32 bits per heavy atom. The third kappa shape index (κ3) is 3.93. The lowest BCUT2D eigenvalue weighted by atomic mass is 9.71. The lowest BCUT2D eigenvalue weighted by molar-refractivity contribution is -0.124. The first-order valence-electron chi connectivity index (χ1n) is 7.70. The largest absolute Gasteiger partial charge is 0.381 e. The van der Waals surface area contributed by atoms with E-state index in [9.17, 15) is 4.79 Å². The van der Waals surface area contributed by atoms with E-state index >= 15 is 0 Å². The maximum Gasteiger partial charge on any atom is 0.220 e. The van der Waals surface area contributed by atoms with Gasteiger partial charge >= 0.3 is 0 Å². The summed E-state index contributed by atoms with van der Waals surface area (Å²) in [4.78, 5) is 12.2. The molecule has 0 aromatic heterocycles. The van der Waals surface area contributed by atoms with Gasteiger partial charge in [-0.15, -0.1) is 0 Å². The molecule has 0 bridgehead atoms. The molecule has 2 rings (SSSR count). The first-order chi connectivity index (χ1) is 9.17. The van der Waals surface area contributed by atoms with E-state index in [4.69, 9.17) is 10.5 Å². The maximum atomic E-state index is 12.2. The van der Waals surface area contributed by atoms with Crippen LogP contribution in [0.15, 0.2) is 0 Å². The molecule has 2 atom stereocenters. The lowest BCUT2D eigenvalue weighted by Crippen LogP contribution is -2.41. The van der Waals surface area contributed by atoms with Crippen molar-refractivity contribution in [3.05, 3.63) is 0 Å². The monoisotopic (exact) mass is 268 g/mol. The molecule has 110 valence electrons. The second kappa shape index (κ2) is 6.71. The summed E-state index contributed by atoms with van der Waals surface area (Å²) < 4.78 is 5.34. The van der Waals surface area contributed by atoms with Crippen molar-refractivity contribution in [2.24, 2.45) is 11.1 Å². The second-order valence-corrected chi connectivity index (χ2v) is 6.38. The Balaban J connectivity index is 1.80. The summed E-state index contributed by atoms with van der Waals surface area (Å²) in [7, 11) is 1.75. The number of hydrogen-bond donors (Lipinski definition) is 2. The second-order valence-electron chi connectivity index (χ2n) is 6.38. The molecule has 3 N–H and O–H groups in total. The van der Waals surface area contributed by atoms with Gasteiger partial charge in [-0.2, -0.15) is 0 Å². The van der Waals surface area contributed by atoms with Crippen molar-refractivity contribution in [1.82, 2.24) is 5.32 Å². The minimum absolute atomic E-state index is 0.0710. The third-order valence-electron chi connectivity index (χ3n) is 4.97. The highest BCUT2D eigenvalue weighted by Gasteiger charge is 2.34. The van der Waals surface area contributed by atoms with Crippen molar-refractivity contribution in [3.63, 3.8) is 0 Å². The summed E-state index contributed by atoms with van der Waals surface area (Å²) in [6.45, 7) is 0.645. The molecule has 2 fully saturated rings. The predicted octanol–water partition coefficient (Wildman–Crippen LogP) is 1.97. The van der Waals surface area contributed by atoms with Crippen LogP contribution in [0.25, 0.3) is 0 Å². The van der Waals surface area contributed by atoms with Gasteiger partial charge in [0.1, 0.15) is 0 Å². The van der Waals surface area contributed by atoms with Gasteiger partial charge in [0.2, 0.25) is 5.91 Å². The molecule has 0 aromatic rings. The average molecular weight is 268 g/mol. The molecule has 2 unspecified atom stereocenters. The van der Waals surface area contributed by atoms with E-state index in [-0.39, 0.29) is 11.3 Å². The van der Waals surface area contributed by atoms with Crippen molar-refractivity contribution in [1.29, 1.82) is 0 Å². The molecular formula is C15H28N2O2. The SMILES string of the molecule is COC1CCC(NC(=O)CC2(CN)CCCCC2)C1. The Morgan fingerprint density at radius 2 is 2.05 bits per heavy atom. The molecule has 0 heterocycles. The molecule has 1 amide bonds. The minimum Gasteiger partial charge on any atom is -0.381 e. The summed E-state index contributed by atoms with van der Waals surface area (Å²) in [6, 6.07) is 0.302. The van der Waals surface area contributed by atoms with Crippen molar-refractivity contribution < 1.29 is 9.53 Å². The number of methoxy groups -OCH3 is 1. The van der Waals surface area contributed by atoms with Crippen LogP contribution in [0.5, 0.6) is 0 Å². The quantitative estimate of drug-likeness (QED) is 0.801. The fourth-order valence-electron chi connectivity index (χ4n) is 3.66. The van der Waals surface area contributed by atoms with Crippen LogP contribution in [0.1, 0.15) is 57.8 Å². The van der Waals surface area contributed by atoms with E-state index in [1.54, 1.807) is 7.11 Å². The van der Waals surface area contributed by atoms with E-state index in [0.717, 1.165) is 32.1 Å². The molecule has 2 aliphatic carbocycles. The highest BCUT2D eigenvalue weighted by molar-refractivity contribution is 5.77. The first-order valence-corrected chi connectivity index (χ1v) is 7.70. The zero-order chi connectivity index (χ0) is 13.7. The van der Waals surface area contributed by atoms with Gasteiger partial charge in [-0.25, -0.2) is 0 Å². The topological polar surface area (TPSA) is 64.3 Å². The van der Waals surface area contributed by atoms with Crippen molar-refractivity contribution in [2.45, 2.75) is 69.9 Å². The Bertz CT molecular complexity index is 301. The molecule has 2 saturated carbocycles. The van der Waals surface area contributed by atoms with E-state index < -0.39 is 0 Å². The van der Waals surface area contributed by atoms with Crippen LogP contribution in [0.2, 0.25) is 0 Å². The average Bonchev–Trinajstić information content (AvgIpc) is 2.87. The lowest BCUT2D eigenvalue weighted by Gasteiger charge is -2.36. The highest BCUT2D eigenvalue weighted by Crippen LogP contribution is 2.38. The van der Waals surface area contributed by atoms with E-state index in [1.807, 2.05) is 0 Å². The fourth-order valence-corrected chi connectivity index (χ4v) is 3.66. The number of hydrogen-bond acceptors (Lipinski definition) is 3. The van der Waals surface area contributed by atoms with Crippen molar-refractivity contribution >= 4 is 5.91 Å². The van der Waals surface area contributed by atoms with Gasteiger partial charge in [-0.1, -0.05) is 19.3 Å². The van der Waals surface area contributed by atoms with Crippen LogP contribution in [0.4, 0.5) is 0 Å². The summed E-state index contributed by atoms with van der Waals surface area (Å²) >= 11 is 0. The number of carbonyl (C=O) groups is 1. The number of carbonyl (C=O) groups excluding carboxylic acids is 1. The fraction of sp³-hybridized carbons (Fsp3) is 0.933. The van der Waals surface area contributed by atoms with Crippen LogP contribution < -0.4 is 11.1 Å². The number of nitrogens with one attached hydrogen (secondary N) is 1. The summed E-state index contributed by atoms with van der Waals surface area (Å²) in [5.74, 6) is 0.189. The third-order valence-corrected chi connectivity index (χ3v) is 4.97.